The van der Waals surface area contributed by atoms with Crippen LogP contribution < -0.4 is 10.0 Å². The minimum Gasteiger partial charge on any atom is -0.455 e. The summed E-state index contributed by atoms with van der Waals surface area (Å²) in [6.07, 6.45) is 2.46. The molecule has 0 bridgehead atoms. The molecule has 0 fully saturated rings. The van der Waals surface area contributed by atoms with Gasteiger partial charge in [0, 0.05) is 18.9 Å². The number of aromatic nitrogens is 2. The Morgan fingerprint density at radius 3 is 2.61 bits per heavy atom. The zero-order valence-corrected chi connectivity index (χ0v) is 17.0. The molecule has 2 aromatic rings. The maximum Gasteiger partial charge on any atom is 0.321 e. The number of amides is 1. The van der Waals surface area contributed by atoms with Gasteiger partial charge in [-0.05, 0) is 24.0 Å². The second-order valence-electron chi connectivity index (χ2n) is 6.58. The molecule has 0 unspecified atom stereocenters. The van der Waals surface area contributed by atoms with E-state index in [1.54, 1.807) is 7.05 Å². The van der Waals surface area contributed by atoms with Crippen molar-refractivity contribution < 1.29 is 22.7 Å². The van der Waals surface area contributed by atoms with Crippen molar-refractivity contribution in [2.45, 2.75) is 31.6 Å². The van der Waals surface area contributed by atoms with Crippen LogP contribution in [0.15, 0.2) is 35.5 Å². The van der Waals surface area contributed by atoms with Crippen LogP contribution in [-0.4, -0.2) is 43.2 Å². The molecule has 0 atom stereocenters. The number of carbonyl (C=O) groups is 2. The van der Waals surface area contributed by atoms with Gasteiger partial charge < -0.3 is 10.1 Å². The first-order valence-electron chi connectivity index (χ1n) is 8.63. The van der Waals surface area contributed by atoms with Gasteiger partial charge in [-0.25, -0.2) is 8.42 Å². The van der Waals surface area contributed by atoms with Crippen molar-refractivity contribution in [2.24, 2.45) is 7.05 Å². The van der Waals surface area contributed by atoms with E-state index in [1.807, 2.05) is 39.0 Å². The number of esters is 1. The minimum atomic E-state index is -3.88. The first kappa shape index (κ1) is 21.6. The molecule has 0 aliphatic rings. The number of carbonyl (C=O) groups excluding carboxylic acids is 2. The smallest absolute Gasteiger partial charge is 0.321 e. The fourth-order valence-electron chi connectivity index (χ4n) is 2.49. The third kappa shape index (κ3) is 5.64. The highest BCUT2D eigenvalue weighted by Crippen LogP contribution is 2.27. The molecule has 9 nitrogen and oxygen atoms in total. The molecule has 1 aromatic heterocycles. The topological polar surface area (TPSA) is 119 Å². The summed E-state index contributed by atoms with van der Waals surface area (Å²) in [5.41, 5.74) is 2.56. The Kier molecular flexibility index (Phi) is 6.92. The van der Waals surface area contributed by atoms with Crippen molar-refractivity contribution in [1.29, 1.82) is 0 Å². The lowest BCUT2D eigenvalue weighted by atomic mass is 9.98. The third-order valence-electron chi connectivity index (χ3n) is 3.95. The highest BCUT2D eigenvalue weighted by atomic mass is 32.2. The summed E-state index contributed by atoms with van der Waals surface area (Å²) < 4.78 is 32.3. The zero-order valence-electron chi connectivity index (χ0n) is 16.2. The van der Waals surface area contributed by atoms with Gasteiger partial charge >= 0.3 is 5.97 Å². The third-order valence-corrected chi connectivity index (χ3v) is 5.31. The first-order chi connectivity index (χ1) is 13.1. The number of hydrogen-bond donors (Lipinski definition) is 2. The lowest BCUT2D eigenvalue weighted by Gasteiger charge is -2.16. The van der Waals surface area contributed by atoms with Gasteiger partial charge in [0.1, 0.15) is 11.4 Å². The van der Waals surface area contributed by atoms with E-state index in [-0.39, 0.29) is 10.8 Å². The van der Waals surface area contributed by atoms with Crippen molar-refractivity contribution >= 4 is 27.6 Å². The normalized spacial score (nSPS) is 11.5. The summed E-state index contributed by atoms with van der Waals surface area (Å²) >= 11 is 0. The van der Waals surface area contributed by atoms with E-state index in [0.717, 1.165) is 17.3 Å². The molecule has 0 aliphatic carbocycles. The van der Waals surface area contributed by atoms with Crippen molar-refractivity contribution in [1.82, 2.24) is 14.5 Å². The van der Waals surface area contributed by atoms with Crippen molar-refractivity contribution in [3.63, 3.8) is 0 Å². The van der Waals surface area contributed by atoms with Gasteiger partial charge in [0.15, 0.2) is 6.61 Å². The van der Waals surface area contributed by atoms with E-state index in [0.29, 0.717) is 5.69 Å². The number of aryl methyl sites for hydroxylation is 2. The number of para-hydroxylation sites is 1. The largest absolute Gasteiger partial charge is 0.455 e. The Morgan fingerprint density at radius 2 is 2.00 bits per heavy atom. The van der Waals surface area contributed by atoms with E-state index in [9.17, 15) is 18.0 Å². The molecule has 0 saturated carbocycles. The van der Waals surface area contributed by atoms with Crippen LogP contribution in [0.5, 0.6) is 0 Å². The van der Waals surface area contributed by atoms with Crippen molar-refractivity contribution in [3.8, 4) is 0 Å². The highest BCUT2D eigenvalue weighted by Gasteiger charge is 2.19. The molecule has 0 aliphatic heterocycles. The summed E-state index contributed by atoms with van der Waals surface area (Å²) in [4.78, 5) is 23.8. The van der Waals surface area contributed by atoms with Gasteiger partial charge in [0.05, 0.1) is 6.20 Å². The molecular weight excluding hydrogens is 384 g/mol. The molecule has 0 spiro atoms. The molecule has 152 valence electrons. The monoisotopic (exact) mass is 408 g/mol. The highest BCUT2D eigenvalue weighted by molar-refractivity contribution is 7.89. The van der Waals surface area contributed by atoms with E-state index < -0.39 is 35.1 Å². The second-order valence-corrected chi connectivity index (χ2v) is 8.34. The molecule has 2 N–H and O–H groups in total. The summed E-state index contributed by atoms with van der Waals surface area (Å²) in [6.45, 7) is 4.80. The average molecular weight is 408 g/mol. The number of anilines is 1. The molecule has 28 heavy (non-hydrogen) atoms. The Morgan fingerprint density at radius 1 is 1.29 bits per heavy atom. The van der Waals surface area contributed by atoms with E-state index in [4.69, 9.17) is 4.74 Å². The van der Waals surface area contributed by atoms with Gasteiger partial charge in [0.25, 0.3) is 5.91 Å². The maximum atomic E-state index is 12.1. The second kappa shape index (κ2) is 8.98. The first-order valence-corrected chi connectivity index (χ1v) is 10.1. The van der Waals surface area contributed by atoms with Crippen LogP contribution >= 0.6 is 0 Å². The number of sulfonamides is 1. The number of hydrogen-bond acceptors (Lipinski definition) is 6. The van der Waals surface area contributed by atoms with Gasteiger partial charge in [-0.2, -0.15) is 9.82 Å². The SMILES string of the molecule is Cc1cccc(C(C)C)c1NC(=O)COC(=O)CNS(=O)(=O)c1cnn(C)c1. The Hall–Kier alpha value is -2.72. The predicted octanol–water partition coefficient (Wildman–Crippen LogP) is 1.31. The average Bonchev–Trinajstić information content (AvgIpc) is 3.07. The number of nitrogens with one attached hydrogen (secondary N) is 2. The van der Waals surface area contributed by atoms with Crippen LogP contribution in [0.4, 0.5) is 5.69 Å². The Bertz CT molecular complexity index is 966. The number of ether oxygens (including phenoxy) is 1. The molecule has 0 radical (unpaired) electrons. The van der Waals surface area contributed by atoms with Gasteiger partial charge in [-0.15, -0.1) is 0 Å². The molecule has 10 heteroatoms. The van der Waals surface area contributed by atoms with E-state index >= 15 is 0 Å². The van der Waals surface area contributed by atoms with Crippen LogP contribution in [0, 0.1) is 6.92 Å². The summed E-state index contributed by atoms with van der Waals surface area (Å²) in [5.74, 6) is -1.16. The van der Waals surface area contributed by atoms with Crippen LogP contribution in [0.25, 0.3) is 0 Å². The van der Waals surface area contributed by atoms with Crippen LogP contribution in [0.2, 0.25) is 0 Å². The van der Waals surface area contributed by atoms with E-state index in [2.05, 4.69) is 15.1 Å². The van der Waals surface area contributed by atoms with Gasteiger partial charge in [-0.3, -0.25) is 14.3 Å². The van der Waals surface area contributed by atoms with Crippen molar-refractivity contribution in [2.75, 3.05) is 18.5 Å². The maximum absolute atomic E-state index is 12.1. The van der Waals surface area contributed by atoms with E-state index in [1.165, 1.54) is 10.9 Å². The molecule has 1 amide bonds. The van der Waals surface area contributed by atoms with Crippen LogP contribution in [0.1, 0.15) is 30.9 Å². The molecular formula is C18H24N4O5S. The summed E-state index contributed by atoms with van der Waals surface area (Å²) in [5, 5.41) is 6.51. The number of benzene rings is 1. The number of nitrogens with zero attached hydrogens (tertiary/aromatic N) is 2. The Labute approximate surface area is 164 Å². The molecule has 1 aromatic carbocycles. The van der Waals surface area contributed by atoms with Gasteiger partial charge in [0.2, 0.25) is 10.0 Å². The van der Waals surface area contributed by atoms with Crippen molar-refractivity contribution in [3.05, 3.63) is 41.7 Å². The lowest BCUT2D eigenvalue weighted by molar-refractivity contribution is -0.146. The standard InChI is InChI=1S/C18H24N4O5S/c1-12(2)15-7-5-6-13(3)18(15)21-16(23)11-27-17(24)9-20-28(25,26)14-8-19-22(4)10-14/h5-8,10,12,20H,9,11H2,1-4H3,(H,21,23). The minimum absolute atomic E-state index is 0.0682. The van der Waals surface area contributed by atoms with Crippen LogP contribution in [0.3, 0.4) is 0 Å². The fourth-order valence-corrected chi connectivity index (χ4v) is 3.44. The Balaban J connectivity index is 1.87. The molecule has 1 heterocycles. The van der Waals surface area contributed by atoms with Crippen LogP contribution in [-0.2, 0) is 31.4 Å². The predicted molar refractivity (Wildman–Crippen MR) is 103 cm³/mol. The molecule has 2 rings (SSSR count). The quantitative estimate of drug-likeness (QED) is 0.636. The molecule has 0 saturated heterocycles. The number of rotatable bonds is 8. The fraction of sp³-hybridized carbons (Fsp3) is 0.389. The summed E-state index contributed by atoms with van der Waals surface area (Å²) in [7, 11) is -2.30. The summed E-state index contributed by atoms with van der Waals surface area (Å²) in [6, 6.07) is 5.71. The van der Waals surface area contributed by atoms with Gasteiger partial charge in [-0.1, -0.05) is 32.0 Å². The lowest BCUT2D eigenvalue weighted by Crippen LogP contribution is -2.32. The zero-order chi connectivity index (χ0) is 20.9.